The van der Waals surface area contributed by atoms with Gasteiger partial charge in [-0.15, -0.1) is 11.3 Å². The largest absolute Gasteiger partial charge is 0.496 e. The van der Waals surface area contributed by atoms with E-state index in [2.05, 4.69) is 10.3 Å². The Kier molecular flexibility index (Phi) is 4.93. The van der Waals surface area contributed by atoms with E-state index in [0.717, 1.165) is 17.0 Å². The molecule has 1 amide bonds. The molecule has 0 aliphatic heterocycles. The van der Waals surface area contributed by atoms with Gasteiger partial charge in [-0.1, -0.05) is 12.1 Å². The Balaban J connectivity index is 1.63. The number of carbonyl (C=O) groups excluding carboxylic acids is 1. The Labute approximate surface area is 139 Å². The average molecular weight is 332 g/mol. The lowest BCUT2D eigenvalue weighted by Crippen LogP contribution is -2.28. The highest BCUT2D eigenvalue weighted by atomic mass is 32.1. The number of aromatic nitrogens is 1. The van der Waals surface area contributed by atoms with E-state index < -0.39 is 6.10 Å². The second-order valence-corrected chi connectivity index (χ2v) is 6.50. The third-order valence-electron chi connectivity index (χ3n) is 3.77. The molecule has 1 unspecified atom stereocenters. The second-order valence-electron chi connectivity index (χ2n) is 5.65. The summed E-state index contributed by atoms with van der Waals surface area (Å²) in [4.78, 5) is 16.6. The Bertz CT molecular complexity index is 682. The molecule has 1 N–H and O–H groups in total. The number of rotatable bonds is 7. The first kappa shape index (κ1) is 16.0. The standard InChI is InChI=1S/C17H20N2O3S/c1-11(22-9-12-7-8-12)16(20)19-17-18-14(10-23-17)13-5-3-4-6-15(13)21-2/h3-6,10-12H,7-9H2,1-2H3,(H,18,19,20). The Morgan fingerprint density at radius 3 is 2.96 bits per heavy atom. The van der Waals surface area contributed by atoms with Gasteiger partial charge in [0, 0.05) is 10.9 Å². The van der Waals surface area contributed by atoms with Crippen molar-refractivity contribution in [2.45, 2.75) is 25.9 Å². The molecule has 0 spiro atoms. The molecule has 122 valence electrons. The van der Waals surface area contributed by atoms with Crippen molar-refractivity contribution in [2.75, 3.05) is 19.0 Å². The number of nitrogens with one attached hydrogen (secondary N) is 1. The molecular weight excluding hydrogens is 312 g/mol. The van der Waals surface area contributed by atoms with Crippen LogP contribution in [0.3, 0.4) is 0 Å². The lowest BCUT2D eigenvalue weighted by atomic mass is 10.1. The predicted octanol–water partition coefficient (Wildman–Crippen LogP) is 3.57. The summed E-state index contributed by atoms with van der Waals surface area (Å²) in [5, 5.41) is 5.29. The van der Waals surface area contributed by atoms with Crippen molar-refractivity contribution in [3.05, 3.63) is 29.6 Å². The summed E-state index contributed by atoms with van der Waals surface area (Å²) in [5.74, 6) is 1.24. The number of hydrogen-bond donors (Lipinski definition) is 1. The summed E-state index contributed by atoms with van der Waals surface area (Å²) in [6.45, 7) is 2.44. The number of amides is 1. The molecule has 1 fully saturated rings. The van der Waals surface area contributed by atoms with Crippen LogP contribution >= 0.6 is 11.3 Å². The summed E-state index contributed by atoms with van der Waals surface area (Å²) in [7, 11) is 1.63. The lowest BCUT2D eigenvalue weighted by Gasteiger charge is -2.11. The fraction of sp³-hybridized carbons (Fsp3) is 0.412. The minimum Gasteiger partial charge on any atom is -0.496 e. The quantitative estimate of drug-likeness (QED) is 0.842. The first-order chi connectivity index (χ1) is 11.2. The number of benzene rings is 1. The number of anilines is 1. The number of hydrogen-bond acceptors (Lipinski definition) is 5. The third kappa shape index (κ3) is 4.09. The first-order valence-electron chi connectivity index (χ1n) is 7.68. The number of methoxy groups -OCH3 is 1. The summed E-state index contributed by atoms with van der Waals surface area (Å²) < 4.78 is 10.9. The van der Waals surface area contributed by atoms with E-state index in [9.17, 15) is 4.79 Å². The maximum atomic E-state index is 12.1. The smallest absolute Gasteiger partial charge is 0.254 e. The van der Waals surface area contributed by atoms with Gasteiger partial charge in [-0.05, 0) is 37.8 Å². The maximum Gasteiger partial charge on any atom is 0.254 e. The number of para-hydroxylation sites is 1. The molecule has 1 aliphatic rings. The number of carbonyl (C=O) groups is 1. The first-order valence-corrected chi connectivity index (χ1v) is 8.56. The molecule has 1 atom stereocenters. The van der Waals surface area contributed by atoms with E-state index in [1.54, 1.807) is 14.0 Å². The molecule has 1 saturated carbocycles. The van der Waals surface area contributed by atoms with Gasteiger partial charge < -0.3 is 9.47 Å². The maximum absolute atomic E-state index is 12.1. The zero-order valence-electron chi connectivity index (χ0n) is 13.2. The van der Waals surface area contributed by atoms with Crippen molar-refractivity contribution >= 4 is 22.4 Å². The van der Waals surface area contributed by atoms with Crippen LogP contribution in [0.5, 0.6) is 5.75 Å². The van der Waals surface area contributed by atoms with E-state index >= 15 is 0 Å². The Hall–Kier alpha value is -1.92. The van der Waals surface area contributed by atoms with Crippen molar-refractivity contribution in [3.8, 4) is 17.0 Å². The fourth-order valence-corrected chi connectivity index (χ4v) is 2.87. The van der Waals surface area contributed by atoms with Gasteiger partial charge in [0.2, 0.25) is 0 Å². The molecule has 1 aromatic carbocycles. The number of nitrogens with zero attached hydrogens (tertiary/aromatic N) is 1. The molecule has 1 heterocycles. The van der Waals surface area contributed by atoms with Crippen LogP contribution in [-0.4, -0.2) is 30.7 Å². The van der Waals surface area contributed by atoms with E-state index in [0.29, 0.717) is 17.7 Å². The predicted molar refractivity (Wildman–Crippen MR) is 90.9 cm³/mol. The highest BCUT2D eigenvalue weighted by Gasteiger charge is 2.24. The SMILES string of the molecule is COc1ccccc1-c1csc(NC(=O)C(C)OCC2CC2)n1. The lowest BCUT2D eigenvalue weighted by molar-refractivity contribution is -0.126. The van der Waals surface area contributed by atoms with Crippen LogP contribution in [0.15, 0.2) is 29.6 Å². The van der Waals surface area contributed by atoms with Crippen molar-refractivity contribution in [1.29, 1.82) is 0 Å². The zero-order valence-corrected chi connectivity index (χ0v) is 14.1. The Morgan fingerprint density at radius 2 is 2.22 bits per heavy atom. The molecule has 0 bridgehead atoms. The molecule has 1 aromatic heterocycles. The topological polar surface area (TPSA) is 60.5 Å². The van der Waals surface area contributed by atoms with Crippen LogP contribution in [0.4, 0.5) is 5.13 Å². The highest BCUT2D eigenvalue weighted by molar-refractivity contribution is 7.14. The monoisotopic (exact) mass is 332 g/mol. The van der Waals surface area contributed by atoms with Gasteiger partial charge in [0.1, 0.15) is 11.9 Å². The summed E-state index contributed by atoms with van der Waals surface area (Å²) in [6, 6.07) is 7.68. The molecule has 0 saturated heterocycles. The van der Waals surface area contributed by atoms with Crippen LogP contribution in [0.25, 0.3) is 11.3 Å². The molecule has 0 radical (unpaired) electrons. The van der Waals surface area contributed by atoms with Gasteiger partial charge >= 0.3 is 0 Å². The van der Waals surface area contributed by atoms with Crippen LogP contribution in [0.2, 0.25) is 0 Å². The van der Waals surface area contributed by atoms with Gasteiger partial charge in [0.15, 0.2) is 5.13 Å². The van der Waals surface area contributed by atoms with Crippen molar-refractivity contribution < 1.29 is 14.3 Å². The molecule has 5 nitrogen and oxygen atoms in total. The summed E-state index contributed by atoms with van der Waals surface area (Å²) >= 11 is 1.39. The van der Waals surface area contributed by atoms with Gasteiger partial charge in [-0.3, -0.25) is 10.1 Å². The molecule has 2 aromatic rings. The molecular formula is C17H20N2O3S. The minimum atomic E-state index is -0.464. The highest BCUT2D eigenvalue weighted by Crippen LogP contribution is 2.32. The summed E-state index contributed by atoms with van der Waals surface area (Å²) in [5.41, 5.74) is 1.69. The summed E-state index contributed by atoms with van der Waals surface area (Å²) in [6.07, 6.45) is 1.96. The van der Waals surface area contributed by atoms with Crippen molar-refractivity contribution in [1.82, 2.24) is 4.98 Å². The van der Waals surface area contributed by atoms with Gasteiger partial charge in [0.25, 0.3) is 5.91 Å². The van der Waals surface area contributed by atoms with E-state index in [1.165, 1.54) is 24.2 Å². The van der Waals surface area contributed by atoms with Gasteiger partial charge in [-0.25, -0.2) is 4.98 Å². The molecule has 1 aliphatic carbocycles. The number of ether oxygens (including phenoxy) is 2. The van der Waals surface area contributed by atoms with Crippen molar-refractivity contribution in [2.24, 2.45) is 5.92 Å². The van der Waals surface area contributed by atoms with Crippen LogP contribution in [0, 0.1) is 5.92 Å². The molecule has 6 heteroatoms. The Morgan fingerprint density at radius 1 is 1.43 bits per heavy atom. The normalized spacial score (nSPS) is 15.2. The van der Waals surface area contributed by atoms with E-state index in [1.807, 2.05) is 29.6 Å². The third-order valence-corrected chi connectivity index (χ3v) is 4.52. The van der Waals surface area contributed by atoms with E-state index in [4.69, 9.17) is 9.47 Å². The average Bonchev–Trinajstić information content (AvgIpc) is 3.30. The van der Waals surface area contributed by atoms with Crippen molar-refractivity contribution in [3.63, 3.8) is 0 Å². The fourth-order valence-electron chi connectivity index (χ4n) is 2.16. The molecule has 3 rings (SSSR count). The minimum absolute atomic E-state index is 0.161. The van der Waals surface area contributed by atoms with E-state index in [-0.39, 0.29) is 5.91 Å². The zero-order chi connectivity index (χ0) is 16.2. The number of thiazole rings is 1. The van der Waals surface area contributed by atoms with Crippen LogP contribution in [0.1, 0.15) is 19.8 Å². The van der Waals surface area contributed by atoms with Gasteiger partial charge in [0.05, 0.1) is 19.4 Å². The second kappa shape index (κ2) is 7.10. The van der Waals surface area contributed by atoms with Gasteiger partial charge in [-0.2, -0.15) is 0 Å². The van der Waals surface area contributed by atoms with Crippen LogP contribution < -0.4 is 10.1 Å². The molecule has 23 heavy (non-hydrogen) atoms. The van der Waals surface area contributed by atoms with Crippen LogP contribution in [-0.2, 0) is 9.53 Å².